The number of rotatable bonds is 5. The van der Waals surface area contributed by atoms with E-state index in [9.17, 15) is 4.79 Å². The van der Waals surface area contributed by atoms with Crippen molar-refractivity contribution in [3.8, 4) is 10.9 Å². The van der Waals surface area contributed by atoms with E-state index in [1.807, 2.05) is 12.1 Å². The molecule has 0 fully saturated rings. The number of para-hydroxylation sites is 1. The van der Waals surface area contributed by atoms with Crippen molar-refractivity contribution in [1.82, 2.24) is 9.36 Å². The zero-order chi connectivity index (χ0) is 14.4. The fraction of sp³-hybridized carbons (Fsp3) is 0.154. The van der Waals surface area contributed by atoms with Gasteiger partial charge < -0.3 is 9.47 Å². The van der Waals surface area contributed by atoms with Crippen molar-refractivity contribution < 1.29 is 14.3 Å². The third-order valence-electron chi connectivity index (χ3n) is 2.36. The Morgan fingerprint density at radius 3 is 2.85 bits per heavy atom. The predicted octanol–water partition coefficient (Wildman–Crippen LogP) is 3.21. The summed E-state index contributed by atoms with van der Waals surface area (Å²) >= 11 is 2.26. The van der Waals surface area contributed by atoms with E-state index >= 15 is 0 Å². The van der Waals surface area contributed by atoms with Crippen LogP contribution in [0.25, 0.3) is 5.57 Å². The van der Waals surface area contributed by atoms with Crippen LogP contribution in [0.15, 0.2) is 36.9 Å². The Morgan fingerprint density at radius 2 is 2.20 bits per heavy atom. The molecular weight excluding hydrogens is 296 g/mol. The molecule has 20 heavy (non-hydrogen) atoms. The number of carbonyl (C=O) groups is 1. The second-order valence-electron chi connectivity index (χ2n) is 3.56. The minimum Gasteiger partial charge on any atom is -0.504 e. The summed E-state index contributed by atoms with van der Waals surface area (Å²) in [5.74, 6) is 0.537. The molecule has 0 amide bonds. The minimum absolute atomic E-state index is 0.0971. The van der Waals surface area contributed by atoms with E-state index in [0.29, 0.717) is 22.1 Å². The lowest BCUT2D eigenvalue weighted by molar-refractivity contribution is -0.106. The summed E-state index contributed by atoms with van der Waals surface area (Å²) < 4.78 is 14.5. The van der Waals surface area contributed by atoms with E-state index < -0.39 is 0 Å². The van der Waals surface area contributed by atoms with Crippen molar-refractivity contribution in [2.45, 2.75) is 0 Å². The van der Waals surface area contributed by atoms with Crippen LogP contribution < -0.4 is 4.74 Å². The van der Waals surface area contributed by atoms with Gasteiger partial charge >= 0.3 is 0 Å². The van der Waals surface area contributed by atoms with Crippen LogP contribution in [0.2, 0.25) is 0 Å². The average molecular weight is 308 g/mol. The van der Waals surface area contributed by atoms with Gasteiger partial charge in [0.2, 0.25) is 5.12 Å². The fourth-order valence-electron chi connectivity index (χ4n) is 1.53. The summed E-state index contributed by atoms with van der Waals surface area (Å²) in [4.78, 5) is 16.0. The second-order valence-corrected chi connectivity index (χ2v) is 5.09. The molecule has 0 aliphatic heterocycles. The number of aromatic nitrogens is 2. The Balaban J connectivity index is 2.40. The quantitative estimate of drug-likeness (QED) is 0.624. The van der Waals surface area contributed by atoms with Crippen LogP contribution in [0.5, 0.6) is 10.9 Å². The number of nitrogens with zero attached hydrogens (tertiary/aromatic N) is 2. The smallest absolute Gasteiger partial charge is 0.298 e. The van der Waals surface area contributed by atoms with Crippen molar-refractivity contribution in [2.24, 2.45) is 0 Å². The van der Waals surface area contributed by atoms with Crippen molar-refractivity contribution in [3.63, 3.8) is 0 Å². The normalized spacial score (nSPS) is 11.2. The van der Waals surface area contributed by atoms with Gasteiger partial charge in [-0.05, 0) is 12.3 Å². The van der Waals surface area contributed by atoms with Gasteiger partial charge in [-0.3, -0.25) is 4.79 Å². The molecule has 0 saturated heterocycles. The second kappa shape index (κ2) is 7.06. The highest BCUT2D eigenvalue weighted by Gasteiger charge is 2.17. The van der Waals surface area contributed by atoms with E-state index in [4.69, 9.17) is 9.47 Å². The topological polar surface area (TPSA) is 61.3 Å². The van der Waals surface area contributed by atoms with E-state index in [1.165, 1.54) is 19.7 Å². The molecule has 1 heterocycles. The number of carbonyl (C=O) groups excluding carboxylic acids is 1. The highest BCUT2D eigenvalue weighted by atomic mass is 32.2. The van der Waals surface area contributed by atoms with Gasteiger partial charge in [-0.1, -0.05) is 30.0 Å². The van der Waals surface area contributed by atoms with Gasteiger partial charge in [-0.2, -0.15) is 9.36 Å². The van der Waals surface area contributed by atoms with E-state index in [-0.39, 0.29) is 5.12 Å². The van der Waals surface area contributed by atoms with Crippen molar-refractivity contribution >= 4 is 34.0 Å². The number of hydrogen-bond donors (Lipinski definition) is 0. The van der Waals surface area contributed by atoms with E-state index in [1.54, 1.807) is 18.4 Å². The lowest BCUT2D eigenvalue weighted by atomic mass is 10.1. The maximum atomic E-state index is 12.0. The molecule has 0 radical (unpaired) electrons. The number of hydrogen-bond acceptors (Lipinski definition) is 7. The first-order valence-corrected chi connectivity index (χ1v) is 7.61. The van der Waals surface area contributed by atoms with Crippen LogP contribution in [0.3, 0.4) is 0 Å². The fourth-order valence-corrected chi connectivity index (χ4v) is 2.31. The average Bonchev–Trinajstić information content (AvgIpc) is 2.98. The Labute approximate surface area is 124 Å². The predicted molar refractivity (Wildman–Crippen MR) is 79.9 cm³/mol. The Hall–Kier alpha value is -1.86. The third-order valence-corrected chi connectivity index (χ3v) is 3.49. The zero-order valence-corrected chi connectivity index (χ0v) is 12.5. The van der Waals surface area contributed by atoms with Gasteiger partial charge in [-0.15, -0.1) is 0 Å². The van der Waals surface area contributed by atoms with Crippen molar-refractivity contribution in [3.05, 3.63) is 42.4 Å². The minimum atomic E-state index is -0.0971. The Morgan fingerprint density at radius 1 is 1.40 bits per heavy atom. The van der Waals surface area contributed by atoms with Crippen LogP contribution in [0.1, 0.15) is 5.56 Å². The molecule has 0 aliphatic carbocycles. The molecule has 5 nitrogen and oxygen atoms in total. The summed E-state index contributed by atoms with van der Waals surface area (Å²) in [6.07, 6.45) is 4.56. The molecule has 1 aromatic heterocycles. The lowest BCUT2D eigenvalue weighted by Crippen LogP contribution is -1.99. The van der Waals surface area contributed by atoms with Crippen LogP contribution in [-0.4, -0.2) is 27.8 Å². The van der Waals surface area contributed by atoms with Crippen LogP contribution in [0, 0.1) is 0 Å². The maximum Gasteiger partial charge on any atom is 0.298 e. The highest BCUT2D eigenvalue weighted by molar-refractivity contribution is 8.14. The summed E-state index contributed by atoms with van der Waals surface area (Å²) in [7, 11) is 1.50. The number of methoxy groups -OCH3 is 1. The summed E-state index contributed by atoms with van der Waals surface area (Å²) in [5, 5.41) is 0.325. The number of thioether (sulfide) groups is 1. The first kappa shape index (κ1) is 14.5. The number of ether oxygens (including phenoxy) is 2. The molecule has 0 unspecified atom stereocenters. The molecule has 1 aromatic carbocycles. The van der Waals surface area contributed by atoms with Crippen LogP contribution >= 0.6 is 23.3 Å². The highest BCUT2D eigenvalue weighted by Crippen LogP contribution is 2.32. The lowest BCUT2D eigenvalue weighted by Gasteiger charge is -2.10. The molecule has 0 N–H and O–H groups in total. The summed E-state index contributed by atoms with van der Waals surface area (Å²) in [6, 6.07) is 7.23. The molecule has 0 aliphatic rings. The molecule has 0 saturated carbocycles. The van der Waals surface area contributed by atoms with Gasteiger partial charge in [0.25, 0.3) is 5.19 Å². The van der Waals surface area contributed by atoms with Crippen LogP contribution in [0.4, 0.5) is 0 Å². The standard InChI is InChI=1S/C13H12N2O3S2/c1-17-7-10(12(16)19-2)9-5-3-4-6-11(9)18-13-14-8-15-20-13/h3-8H,1-2H3/b10-7+. The summed E-state index contributed by atoms with van der Waals surface area (Å²) in [5.41, 5.74) is 1.10. The zero-order valence-electron chi connectivity index (χ0n) is 10.9. The van der Waals surface area contributed by atoms with Gasteiger partial charge in [-0.25, -0.2) is 0 Å². The summed E-state index contributed by atoms with van der Waals surface area (Å²) in [6.45, 7) is 0. The van der Waals surface area contributed by atoms with Gasteiger partial charge in [0.15, 0.2) is 0 Å². The van der Waals surface area contributed by atoms with E-state index in [0.717, 1.165) is 23.3 Å². The Bertz CT molecular complexity index is 612. The third kappa shape index (κ3) is 3.37. The Kier molecular flexibility index (Phi) is 5.14. The maximum absolute atomic E-state index is 12.0. The van der Waals surface area contributed by atoms with Gasteiger partial charge in [0, 0.05) is 17.1 Å². The molecule has 0 spiro atoms. The largest absolute Gasteiger partial charge is 0.504 e. The van der Waals surface area contributed by atoms with Crippen molar-refractivity contribution in [1.29, 1.82) is 0 Å². The van der Waals surface area contributed by atoms with Gasteiger partial charge in [0.1, 0.15) is 12.1 Å². The molecule has 104 valence electrons. The molecule has 0 bridgehead atoms. The SMILES string of the molecule is CO/C=C(/C(=O)SC)c1ccccc1Oc1ncns1. The molecule has 2 aromatic rings. The molecule has 2 rings (SSSR count). The molecule has 0 atom stereocenters. The monoisotopic (exact) mass is 308 g/mol. The van der Waals surface area contributed by atoms with E-state index in [2.05, 4.69) is 9.36 Å². The number of benzene rings is 1. The first-order chi connectivity index (χ1) is 9.76. The van der Waals surface area contributed by atoms with Crippen molar-refractivity contribution in [2.75, 3.05) is 13.4 Å². The van der Waals surface area contributed by atoms with Gasteiger partial charge in [0.05, 0.1) is 18.9 Å². The molecule has 7 heteroatoms. The molecular formula is C13H12N2O3S2. The van der Waals surface area contributed by atoms with Crippen LogP contribution in [-0.2, 0) is 9.53 Å². The first-order valence-electron chi connectivity index (χ1n) is 5.61.